The van der Waals surface area contributed by atoms with Crippen LogP contribution in [0.4, 0.5) is 0 Å². The van der Waals surface area contributed by atoms with Crippen molar-refractivity contribution in [3.05, 3.63) is 39.9 Å². The molecule has 0 saturated carbocycles. The molecule has 0 aliphatic heterocycles. The van der Waals surface area contributed by atoms with Gasteiger partial charge >= 0.3 is 0 Å². The molecule has 0 aromatic carbocycles. The van der Waals surface area contributed by atoms with E-state index >= 15 is 0 Å². The number of nitrogens with zero attached hydrogens (tertiary/aromatic N) is 2. The summed E-state index contributed by atoms with van der Waals surface area (Å²) >= 11 is 1.50. The Labute approximate surface area is 129 Å². The third kappa shape index (κ3) is 4.36. The summed E-state index contributed by atoms with van der Waals surface area (Å²) in [5.41, 5.74) is 6.84. The fourth-order valence-corrected chi connectivity index (χ4v) is 2.98. The maximum absolute atomic E-state index is 11.9. The van der Waals surface area contributed by atoms with Gasteiger partial charge in [-0.25, -0.2) is 10.4 Å². The summed E-state index contributed by atoms with van der Waals surface area (Å²) in [6.45, 7) is 10.0. The Morgan fingerprint density at radius 3 is 2.95 bits per heavy atom. The predicted molar refractivity (Wildman–Crippen MR) is 87.4 cm³/mol. The number of rotatable bonds is 4. The Kier molecular flexibility index (Phi) is 5.07. The van der Waals surface area contributed by atoms with E-state index in [1.165, 1.54) is 11.3 Å². The van der Waals surface area contributed by atoms with Crippen molar-refractivity contribution in [1.82, 2.24) is 10.4 Å². The standard InChI is InChI=1S/C16H21N3OS/c1-10(2)13-6-5-11(3)14(7-13)18-19-15(20)8-16-17-12(4)9-21-16/h5,9,13H,1,6-8H2,2-4H3,(H,19,20)/b18-14-/t13-/m0/s1. The van der Waals surface area contributed by atoms with Gasteiger partial charge in [0, 0.05) is 11.1 Å². The minimum absolute atomic E-state index is 0.123. The van der Waals surface area contributed by atoms with Crippen LogP contribution in [0, 0.1) is 12.8 Å². The number of thiazole rings is 1. The Hall–Kier alpha value is -1.75. The van der Waals surface area contributed by atoms with E-state index in [2.05, 4.69) is 28.2 Å². The number of carbonyl (C=O) groups is 1. The molecule has 1 aromatic heterocycles. The summed E-state index contributed by atoms with van der Waals surface area (Å²) in [5, 5.41) is 7.05. The molecule has 1 aliphatic carbocycles. The Balaban J connectivity index is 1.96. The first-order valence-electron chi connectivity index (χ1n) is 7.04. The number of allylic oxidation sites excluding steroid dienone is 3. The van der Waals surface area contributed by atoms with Crippen molar-refractivity contribution in [2.75, 3.05) is 0 Å². The van der Waals surface area contributed by atoms with Gasteiger partial charge in [0.1, 0.15) is 5.01 Å². The van der Waals surface area contributed by atoms with Gasteiger partial charge in [0.25, 0.3) is 0 Å². The lowest BCUT2D eigenvalue weighted by Gasteiger charge is -2.22. The lowest BCUT2D eigenvalue weighted by Crippen LogP contribution is -2.24. The molecule has 4 nitrogen and oxygen atoms in total. The molecular weight excluding hydrogens is 282 g/mol. The lowest BCUT2D eigenvalue weighted by atomic mass is 9.85. The molecule has 21 heavy (non-hydrogen) atoms. The minimum atomic E-state index is -0.123. The molecule has 1 N–H and O–H groups in total. The van der Waals surface area contributed by atoms with E-state index < -0.39 is 0 Å². The van der Waals surface area contributed by atoms with E-state index in [0.29, 0.717) is 5.92 Å². The summed E-state index contributed by atoms with van der Waals surface area (Å²) in [5.74, 6) is 0.299. The van der Waals surface area contributed by atoms with Crippen molar-refractivity contribution in [2.24, 2.45) is 11.0 Å². The third-order valence-corrected chi connectivity index (χ3v) is 4.56. The highest BCUT2D eigenvalue weighted by Crippen LogP contribution is 2.26. The van der Waals surface area contributed by atoms with Crippen LogP contribution in [0.3, 0.4) is 0 Å². The van der Waals surface area contributed by atoms with Gasteiger partial charge in [0.2, 0.25) is 5.91 Å². The van der Waals surface area contributed by atoms with Gasteiger partial charge < -0.3 is 0 Å². The van der Waals surface area contributed by atoms with Crippen LogP contribution in [0.15, 0.2) is 34.3 Å². The summed E-state index contributed by atoms with van der Waals surface area (Å²) in [6.07, 6.45) is 4.29. The minimum Gasteiger partial charge on any atom is -0.273 e. The molecule has 0 bridgehead atoms. The van der Waals surface area contributed by atoms with Crippen LogP contribution in [0.1, 0.15) is 37.4 Å². The summed E-state index contributed by atoms with van der Waals surface area (Å²) in [4.78, 5) is 16.2. The molecule has 112 valence electrons. The van der Waals surface area contributed by atoms with E-state index in [-0.39, 0.29) is 12.3 Å². The molecule has 0 fully saturated rings. The maximum Gasteiger partial charge on any atom is 0.246 e. The second-order valence-corrected chi connectivity index (χ2v) is 6.47. The van der Waals surface area contributed by atoms with Crippen molar-refractivity contribution in [3.8, 4) is 0 Å². The number of hydrogen-bond acceptors (Lipinski definition) is 4. The van der Waals surface area contributed by atoms with Gasteiger partial charge in [-0.05, 0) is 45.1 Å². The summed E-state index contributed by atoms with van der Waals surface area (Å²) < 4.78 is 0. The van der Waals surface area contributed by atoms with Crippen LogP contribution in [-0.2, 0) is 11.2 Å². The quantitative estimate of drug-likeness (QED) is 0.684. The van der Waals surface area contributed by atoms with Crippen LogP contribution in [0.5, 0.6) is 0 Å². The molecule has 1 aromatic rings. The van der Waals surface area contributed by atoms with Crippen molar-refractivity contribution < 1.29 is 4.79 Å². The third-order valence-electron chi connectivity index (χ3n) is 3.59. The number of nitrogens with one attached hydrogen (secondary N) is 1. The molecule has 1 aliphatic rings. The molecule has 2 rings (SSSR count). The topological polar surface area (TPSA) is 54.4 Å². The summed E-state index contributed by atoms with van der Waals surface area (Å²) in [7, 11) is 0. The van der Waals surface area contributed by atoms with Crippen molar-refractivity contribution in [3.63, 3.8) is 0 Å². The fourth-order valence-electron chi connectivity index (χ4n) is 2.21. The molecular formula is C16H21N3OS. The van der Waals surface area contributed by atoms with E-state index in [1.54, 1.807) is 0 Å². The molecule has 0 unspecified atom stereocenters. The van der Waals surface area contributed by atoms with Crippen LogP contribution < -0.4 is 5.43 Å². The van der Waals surface area contributed by atoms with E-state index in [4.69, 9.17) is 0 Å². The molecule has 0 spiro atoms. The second kappa shape index (κ2) is 6.80. The SMILES string of the molecule is C=C(C)[C@H]1CC=C(C)/C(=N\NC(=O)Cc2nc(C)cs2)C1. The molecule has 0 radical (unpaired) electrons. The van der Waals surface area contributed by atoms with Crippen molar-refractivity contribution in [2.45, 2.75) is 40.0 Å². The van der Waals surface area contributed by atoms with Gasteiger partial charge in [0.15, 0.2) is 0 Å². The zero-order chi connectivity index (χ0) is 15.4. The highest BCUT2D eigenvalue weighted by atomic mass is 32.1. The molecule has 1 atom stereocenters. The smallest absolute Gasteiger partial charge is 0.246 e. The number of carbonyl (C=O) groups excluding carboxylic acids is 1. The number of aryl methyl sites for hydroxylation is 1. The van der Waals surface area contributed by atoms with Crippen LogP contribution in [0.25, 0.3) is 0 Å². The van der Waals surface area contributed by atoms with Gasteiger partial charge in [-0.1, -0.05) is 18.2 Å². The zero-order valence-corrected chi connectivity index (χ0v) is 13.6. The van der Waals surface area contributed by atoms with Crippen molar-refractivity contribution in [1.29, 1.82) is 0 Å². The predicted octanol–water partition coefficient (Wildman–Crippen LogP) is 3.40. The Morgan fingerprint density at radius 1 is 1.57 bits per heavy atom. The molecule has 1 amide bonds. The van der Waals surface area contributed by atoms with Crippen LogP contribution in [0.2, 0.25) is 0 Å². The number of hydrogen-bond donors (Lipinski definition) is 1. The molecule has 0 saturated heterocycles. The van der Waals surface area contributed by atoms with Crippen LogP contribution >= 0.6 is 11.3 Å². The first-order chi connectivity index (χ1) is 9.95. The first-order valence-corrected chi connectivity index (χ1v) is 7.92. The monoisotopic (exact) mass is 303 g/mol. The van der Waals surface area contributed by atoms with Gasteiger partial charge in [-0.3, -0.25) is 4.79 Å². The van der Waals surface area contributed by atoms with E-state index in [9.17, 15) is 4.79 Å². The van der Waals surface area contributed by atoms with E-state index in [1.807, 2.05) is 26.2 Å². The highest BCUT2D eigenvalue weighted by molar-refractivity contribution is 7.09. The molecule has 5 heteroatoms. The molecule has 1 heterocycles. The van der Waals surface area contributed by atoms with Crippen LogP contribution in [-0.4, -0.2) is 16.6 Å². The van der Waals surface area contributed by atoms with Gasteiger partial charge in [-0.2, -0.15) is 5.10 Å². The Morgan fingerprint density at radius 2 is 2.33 bits per heavy atom. The average Bonchev–Trinajstić information content (AvgIpc) is 2.82. The highest BCUT2D eigenvalue weighted by Gasteiger charge is 2.18. The van der Waals surface area contributed by atoms with Gasteiger partial charge in [0.05, 0.1) is 12.1 Å². The number of amides is 1. The fraction of sp³-hybridized carbons (Fsp3) is 0.438. The first kappa shape index (κ1) is 15.6. The normalized spacial score (nSPS) is 20.2. The zero-order valence-electron chi connectivity index (χ0n) is 12.8. The second-order valence-electron chi connectivity index (χ2n) is 5.52. The number of aromatic nitrogens is 1. The Bertz CT molecular complexity index is 613. The maximum atomic E-state index is 11.9. The average molecular weight is 303 g/mol. The largest absolute Gasteiger partial charge is 0.273 e. The summed E-state index contributed by atoms with van der Waals surface area (Å²) in [6, 6.07) is 0. The van der Waals surface area contributed by atoms with Crippen molar-refractivity contribution >= 4 is 23.0 Å². The van der Waals surface area contributed by atoms with E-state index in [0.717, 1.165) is 40.4 Å². The number of hydrazone groups is 1. The van der Waals surface area contributed by atoms with Gasteiger partial charge in [-0.15, -0.1) is 11.3 Å². The lowest BCUT2D eigenvalue weighted by molar-refractivity contribution is -0.120.